The first-order chi connectivity index (χ1) is 7.38. The van der Waals surface area contributed by atoms with Crippen molar-refractivity contribution in [3.8, 4) is 0 Å². The largest absolute Gasteiger partial charge is 0.297 e. The van der Waals surface area contributed by atoms with E-state index in [9.17, 15) is 0 Å². The first-order valence-electron chi connectivity index (χ1n) is 5.81. The molecule has 1 saturated heterocycles. The maximum absolute atomic E-state index is 4.57. The first-order valence-corrected chi connectivity index (χ1v) is 5.81. The molecule has 2 rings (SSSR count). The molecule has 81 valence electrons. The zero-order valence-electron chi connectivity index (χ0n) is 9.39. The maximum atomic E-state index is 4.57. The van der Waals surface area contributed by atoms with E-state index < -0.39 is 0 Å². The standard InChI is InChI=1S/C13H19N2/c1-2-14-13-8-9-15(11-13)10-12-6-4-3-5-7-12/h3-7,13H,2,8-11H2,1H3. The molecule has 0 N–H and O–H groups in total. The maximum Gasteiger partial charge on any atom is 0.0385 e. The van der Waals surface area contributed by atoms with Crippen molar-refractivity contribution >= 4 is 0 Å². The fourth-order valence-corrected chi connectivity index (χ4v) is 2.20. The molecule has 1 radical (unpaired) electrons. The van der Waals surface area contributed by atoms with Crippen molar-refractivity contribution in [2.45, 2.75) is 25.9 Å². The molecule has 1 fully saturated rings. The van der Waals surface area contributed by atoms with Crippen molar-refractivity contribution in [2.75, 3.05) is 19.6 Å². The van der Waals surface area contributed by atoms with Gasteiger partial charge in [0.1, 0.15) is 0 Å². The van der Waals surface area contributed by atoms with Crippen molar-refractivity contribution in [1.82, 2.24) is 10.2 Å². The average Bonchev–Trinajstić information content (AvgIpc) is 2.68. The van der Waals surface area contributed by atoms with Crippen LogP contribution in [0.3, 0.4) is 0 Å². The molecule has 1 aliphatic heterocycles. The quantitative estimate of drug-likeness (QED) is 0.730. The van der Waals surface area contributed by atoms with Crippen LogP contribution in [0, 0.1) is 0 Å². The Labute approximate surface area is 92.3 Å². The van der Waals surface area contributed by atoms with Crippen LogP contribution in [-0.4, -0.2) is 30.6 Å². The van der Waals surface area contributed by atoms with Gasteiger partial charge in [-0.2, -0.15) is 0 Å². The summed E-state index contributed by atoms with van der Waals surface area (Å²) in [6, 6.07) is 11.3. The minimum absolute atomic E-state index is 0.582. The highest BCUT2D eigenvalue weighted by Crippen LogP contribution is 2.13. The molecule has 1 unspecified atom stereocenters. The Morgan fingerprint density at radius 3 is 2.87 bits per heavy atom. The minimum atomic E-state index is 0.582. The number of likely N-dealkylation sites (N-methyl/N-ethyl adjacent to an activating group) is 1. The molecule has 1 aromatic rings. The Morgan fingerprint density at radius 1 is 1.33 bits per heavy atom. The van der Waals surface area contributed by atoms with Crippen LogP contribution in [-0.2, 0) is 6.54 Å². The molecular weight excluding hydrogens is 184 g/mol. The van der Waals surface area contributed by atoms with E-state index in [1.165, 1.54) is 18.5 Å². The summed E-state index contributed by atoms with van der Waals surface area (Å²) in [6.07, 6.45) is 1.24. The Balaban J connectivity index is 1.82. The summed E-state index contributed by atoms with van der Waals surface area (Å²) in [6.45, 7) is 6.51. The third-order valence-corrected chi connectivity index (χ3v) is 2.94. The van der Waals surface area contributed by atoms with Crippen LogP contribution in [0.15, 0.2) is 30.3 Å². The zero-order valence-corrected chi connectivity index (χ0v) is 9.39. The van der Waals surface area contributed by atoms with E-state index in [1.54, 1.807) is 0 Å². The van der Waals surface area contributed by atoms with E-state index >= 15 is 0 Å². The molecule has 1 aliphatic rings. The lowest BCUT2D eigenvalue weighted by Gasteiger charge is -2.15. The number of rotatable bonds is 4. The summed E-state index contributed by atoms with van der Waals surface area (Å²) in [7, 11) is 0. The van der Waals surface area contributed by atoms with Gasteiger partial charge in [0.2, 0.25) is 0 Å². The minimum Gasteiger partial charge on any atom is -0.297 e. The Bertz CT molecular complexity index is 284. The van der Waals surface area contributed by atoms with Gasteiger partial charge >= 0.3 is 0 Å². The molecule has 0 amide bonds. The fraction of sp³-hybridized carbons (Fsp3) is 0.538. The van der Waals surface area contributed by atoms with Gasteiger partial charge in [0.05, 0.1) is 0 Å². The van der Waals surface area contributed by atoms with Gasteiger partial charge in [-0.1, -0.05) is 37.3 Å². The van der Waals surface area contributed by atoms with E-state index in [-0.39, 0.29) is 0 Å². The van der Waals surface area contributed by atoms with Crippen molar-refractivity contribution < 1.29 is 0 Å². The van der Waals surface area contributed by atoms with Crippen LogP contribution in [0.4, 0.5) is 0 Å². The molecule has 0 aliphatic carbocycles. The van der Waals surface area contributed by atoms with Crippen LogP contribution < -0.4 is 5.32 Å². The van der Waals surface area contributed by atoms with Crippen LogP contribution in [0.2, 0.25) is 0 Å². The first kappa shape index (κ1) is 10.7. The van der Waals surface area contributed by atoms with Crippen molar-refractivity contribution in [3.05, 3.63) is 35.9 Å². The van der Waals surface area contributed by atoms with Gasteiger partial charge in [0.15, 0.2) is 0 Å². The average molecular weight is 203 g/mol. The topological polar surface area (TPSA) is 17.3 Å². The molecule has 1 atom stereocenters. The van der Waals surface area contributed by atoms with Gasteiger partial charge in [0, 0.05) is 32.2 Å². The second kappa shape index (κ2) is 5.29. The Hall–Kier alpha value is -0.860. The molecule has 1 aromatic carbocycles. The molecule has 0 spiro atoms. The van der Waals surface area contributed by atoms with Gasteiger partial charge in [-0.25, -0.2) is 5.32 Å². The molecule has 15 heavy (non-hydrogen) atoms. The highest BCUT2D eigenvalue weighted by atomic mass is 15.2. The SMILES string of the molecule is CC[N]C1CCN(Cc2ccccc2)C1. The number of hydrogen-bond donors (Lipinski definition) is 0. The van der Waals surface area contributed by atoms with Gasteiger partial charge in [0.25, 0.3) is 0 Å². The molecule has 0 aromatic heterocycles. The number of benzene rings is 1. The van der Waals surface area contributed by atoms with Gasteiger partial charge < -0.3 is 0 Å². The van der Waals surface area contributed by atoms with Crippen molar-refractivity contribution in [1.29, 1.82) is 0 Å². The Kier molecular flexibility index (Phi) is 3.75. The molecular formula is C13H19N2. The van der Waals surface area contributed by atoms with Gasteiger partial charge in [-0.15, -0.1) is 0 Å². The summed E-state index contributed by atoms with van der Waals surface area (Å²) in [5.74, 6) is 0. The summed E-state index contributed by atoms with van der Waals surface area (Å²) in [5, 5.41) is 4.57. The van der Waals surface area contributed by atoms with Gasteiger partial charge in [-0.05, 0) is 12.0 Å². The number of hydrogen-bond acceptors (Lipinski definition) is 1. The number of nitrogens with zero attached hydrogens (tertiary/aromatic N) is 2. The van der Waals surface area contributed by atoms with E-state index in [0.29, 0.717) is 6.04 Å². The Morgan fingerprint density at radius 2 is 2.13 bits per heavy atom. The zero-order chi connectivity index (χ0) is 10.5. The highest BCUT2D eigenvalue weighted by molar-refractivity contribution is 5.14. The lowest BCUT2D eigenvalue weighted by atomic mass is 10.2. The second-order valence-corrected chi connectivity index (χ2v) is 4.16. The smallest absolute Gasteiger partial charge is 0.0385 e. The summed E-state index contributed by atoms with van der Waals surface area (Å²) in [4.78, 5) is 2.50. The van der Waals surface area contributed by atoms with Crippen LogP contribution in [0.25, 0.3) is 0 Å². The molecule has 0 saturated carbocycles. The third kappa shape index (κ3) is 3.05. The second-order valence-electron chi connectivity index (χ2n) is 4.16. The van der Waals surface area contributed by atoms with Gasteiger partial charge in [-0.3, -0.25) is 4.90 Å². The van der Waals surface area contributed by atoms with Crippen LogP contribution >= 0.6 is 0 Å². The molecule has 0 bridgehead atoms. The van der Waals surface area contributed by atoms with E-state index in [4.69, 9.17) is 0 Å². The van der Waals surface area contributed by atoms with Crippen molar-refractivity contribution in [3.63, 3.8) is 0 Å². The monoisotopic (exact) mass is 203 g/mol. The molecule has 1 heterocycles. The molecule has 2 nitrogen and oxygen atoms in total. The van der Waals surface area contributed by atoms with E-state index in [1.807, 2.05) is 0 Å². The van der Waals surface area contributed by atoms with Crippen LogP contribution in [0.1, 0.15) is 18.9 Å². The third-order valence-electron chi connectivity index (χ3n) is 2.94. The summed E-state index contributed by atoms with van der Waals surface area (Å²) in [5.41, 5.74) is 1.41. The summed E-state index contributed by atoms with van der Waals surface area (Å²) < 4.78 is 0. The fourth-order valence-electron chi connectivity index (χ4n) is 2.20. The lowest BCUT2D eigenvalue weighted by Crippen LogP contribution is -2.27. The van der Waals surface area contributed by atoms with E-state index in [2.05, 4.69) is 47.5 Å². The predicted octanol–water partition coefficient (Wildman–Crippen LogP) is 1.89. The summed E-state index contributed by atoms with van der Waals surface area (Å²) >= 11 is 0. The lowest BCUT2D eigenvalue weighted by molar-refractivity contribution is 0.320. The predicted molar refractivity (Wildman–Crippen MR) is 62.8 cm³/mol. The number of likely N-dealkylation sites (tertiary alicyclic amines) is 1. The van der Waals surface area contributed by atoms with E-state index in [0.717, 1.165) is 19.6 Å². The normalized spacial score (nSPS) is 22.1. The molecule has 2 heteroatoms. The highest BCUT2D eigenvalue weighted by Gasteiger charge is 2.21. The van der Waals surface area contributed by atoms with Crippen molar-refractivity contribution in [2.24, 2.45) is 0 Å². The van der Waals surface area contributed by atoms with Crippen LogP contribution in [0.5, 0.6) is 0 Å².